The van der Waals surface area contributed by atoms with Crippen molar-refractivity contribution in [2.75, 3.05) is 20.2 Å². The van der Waals surface area contributed by atoms with Crippen LogP contribution in [0.1, 0.15) is 81.4 Å². The number of imidazole rings is 1. The molecule has 2 aliphatic heterocycles. The molecule has 2 fully saturated rings. The van der Waals surface area contributed by atoms with Gasteiger partial charge in [-0.3, -0.25) is 9.59 Å². The lowest BCUT2D eigenvalue weighted by molar-refractivity contribution is -0.130. The first kappa shape index (κ1) is 29.8. The number of hydrogen-bond donors (Lipinski definition) is 2. The molecule has 3 aliphatic rings. The van der Waals surface area contributed by atoms with E-state index in [0.29, 0.717) is 41.8 Å². The van der Waals surface area contributed by atoms with Crippen LogP contribution in [0.25, 0.3) is 33.6 Å². The number of aryl methyl sites for hydroxylation is 1. The van der Waals surface area contributed by atoms with Crippen molar-refractivity contribution in [2.45, 2.75) is 77.9 Å². The first-order valence-corrected chi connectivity index (χ1v) is 16.4. The second-order valence-electron chi connectivity index (χ2n) is 14.2. The number of likely N-dealkylation sites (tertiary alicyclic amines) is 1. The Bertz CT molecular complexity index is 1800. The molecule has 1 saturated heterocycles. The van der Waals surface area contributed by atoms with E-state index < -0.39 is 5.41 Å². The van der Waals surface area contributed by atoms with Crippen LogP contribution in [0, 0.1) is 17.3 Å². The number of carbonyl (C=O) groups is 2. The maximum atomic E-state index is 13.5. The molecule has 1 saturated carbocycles. The summed E-state index contributed by atoms with van der Waals surface area (Å²) in [5.41, 5.74) is 10.6. The minimum Gasteiger partial charge on any atom is -0.494 e. The molecule has 4 atom stereocenters. The third kappa shape index (κ3) is 5.37. The van der Waals surface area contributed by atoms with E-state index >= 15 is 0 Å². The van der Waals surface area contributed by atoms with E-state index in [0.717, 1.165) is 72.4 Å². The number of nitrogens with two attached hydrogens (primary N) is 1. The SMILES string of the molecule is COc1cc(C(=O)N2CCC[C@@H](N)C2)cc2nc(-c3cc4ccc5nc4n3C[C@H]3C[C@@H]3CCCC(C)(C)C(=O)N[C@@H]5C)n(C)c12. The molecule has 3 aromatic heterocycles. The molecule has 2 bridgehead atoms. The van der Waals surface area contributed by atoms with Crippen molar-refractivity contribution < 1.29 is 14.3 Å². The summed E-state index contributed by atoms with van der Waals surface area (Å²) in [5.74, 6) is 2.66. The average Bonchev–Trinajstić information content (AvgIpc) is 3.53. The first-order valence-electron chi connectivity index (χ1n) is 16.4. The highest BCUT2D eigenvalue weighted by Crippen LogP contribution is 2.46. The second-order valence-corrected chi connectivity index (χ2v) is 14.2. The van der Waals surface area contributed by atoms with Crippen molar-refractivity contribution >= 4 is 33.9 Å². The number of nitrogens with one attached hydrogen (secondary N) is 1. The predicted molar refractivity (Wildman–Crippen MR) is 175 cm³/mol. The van der Waals surface area contributed by atoms with Gasteiger partial charge in [-0.25, -0.2) is 9.97 Å². The molecule has 10 heteroatoms. The summed E-state index contributed by atoms with van der Waals surface area (Å²) < 4.78 is 10.2. The highest BCUT2D eigenvalue weighted by Gasteiger charge is 2.39. The molecule has 0 radical (unpaired) electrons. The summed E-state index contributed by atoms with van der Waals surface area (Å²) in [6.07, 6.45) is 6.08. The van der Waals surface area contributed by atoms with Gasteiger partial charge in [-0.05, 0) is 74.8 Å². The minimum absolute atomic E-state index is 0.00539. The van der Waals surface area contributed by atoms with Crippen LogP contribution in [-0.4, -0.2) is 62.1 Å². The molecule has 0 spiro atoms. The molecule has 7 rings (SSSR count). The minimum atomic E-state index is -0.410. The maximum absolute atomic E-state index is 13.5. The Morgan fingerprint density at radius 1 is 1.09 bits per heavy atom. The van der Waals surface area contributed by atoms with E-state index in [2.05, 4.69) is 26.6 Å². The summed E-state index contributed by atoms with van der Waals surface area (Å²) in [7, 11) is 3.64. The standard InChI is InChI=1S/C35H45N7O3/c1-20-26-11-10-22-16-28(42(31(22)38-26)18-24-14-21(24)8-6-12-35(2,3)34(44)37-20)32-39-27-15-23(17-29(45-5)30(27)40(32)4)33(43)41-13-7-9-25(36)19-41/h10-11,15-17,20-21,24-25H,6-9,12-14,18-19,36H2,1-5H3,(H,37,44)/t20-,21+,24-,25-/m1/s1. The number of aromatic nitrogens is 4. The van der Waals surface area contributed by atoms with Crippen LogP contribution < -0.4 is 15.8 Å². The van der Waals surface area contributed by atoms with Crippen molar-refractivity contribution in [3.63, 3.8) is 0 Å². The number of nitrogens with zero attached hydrogens (tertiary/aromatic N) is 5. The molecule has 45 heavy (non-hydrogen) atoms. The van der Waals surface area contributed by atoms with Gasteiger partial charge in [0.05, 0.1) is 30.1 Å². The number of methoxy groups -OCH3 is 1. The Morgan fingerprint density at radius 2 is 1.91 bits per heavy atom. The number of fused-ring (bicyclic) bond motifs is 3. The van der Waals surface area contributed by atoms with Crippen LogP contribution in [0.4, 0.5) is 0 Å². The van der Waals surface area contributed by atoms with Gasteiger partial charge in [-0.1, -0.05) is 26.7 Å². The molecule has 5 heterocycles. The number of pyridine rings is 1. The van der Waals surface area contributed by atoms with Crippen molar-refractivity contribution in [1.29, 1.82) is 0 Å². The van der Waals surface area contributed by atoms with Crippen LogP contribution in [-0.2, 0) is 18.4 Å². The normalized spacial score (nSPS) is 25.2. The zero-order valence-corrected chi connectivity index (χ0v) is 27.1. The Labute approximate surface area is 264 Å². The van der Waals surface area contributed by atoms with E-state index in [-0.39, 0.29) is 23.9 Å². The van der Waals surface area contributed by atoms with Gasteiger partial charge < -0.3 is 29.8 Å². The number of piperidine rings is 1. The van der Waals surface area contributed by atoms with E-state index in [9.17, 15) is 9.59 Å². The molecule has 0 unspecified atom stereocenters. The van der Waals surface area contributed by atoms with Gasteiger partial charge in [0.1, 0.15) is 16.9 Å². The topological polar surface area (TPSA) is 120 Å². The van der Waals surface area contributed by atoms with Crippen LogP contribution in [0.3, 0.4) is 0 Å². The molecular weight excluding hydrogens is 566 g/mol. The van der Waals surface area contributed by atoms with Crippen LogP contribution in [0.2, 0.25) is 0 Å². The Balaban J connectivity index is 1.32. The van der Waals surface area contributed by atoms with Gasteiger partial charge in [0.2, 0.25) is 5.91 Å². The maximum Gasteiger partial charge on any atom is 0.254 e. The summed E-state index contributed by atoms with van der Waals surface area (Å²) >= 11 is 0. The van der Waals surface area contributed by atoms with Gasteiger partial charge in [-0.2, -0.15) is 0 Å². The Kier molecular flexibility index (Phi) is 7.38. The smallest absolute Gasteiger partial charge is 0.254 e. The quantitative estimate of drug-likeness (QED) is 0.329. The molecule has 3 N–H and O–H groups in total. The largest absolute Gasteiger partial charge is 0.494 e. The molecule has 1 aromatic carbocycles. The van der Waals surface area contributed by atoms with Crippen molar-refractivity contribution in [1.82, 2.24) is 29.3 Å². The highest BCUT2D eigenvalue weighted by atomic mass is 16.5. The molecular formula is C35H45N7O3. The number of hydrogen-bond acceptors (Lipinski definition) is 6. The lowest BCUT2D eigenvalue weighted by Gasteiger charge is -2.30. The molecule has 2 amide bonds. The summed E-state index contributed by atoms with van der Waals surface area (Å²) in [6.45, 7) is 8.23. The van der Waals surface area contributed by atoms with Crippen LogP contribution in [0.5, 0.6) is 5.75 Å². The van der Waals surface area contributed by atoms with Gasteiger partial charge in [-0.15, -0.1) is 0 Å². The summed E-state index contributed by atoms with van der Waals surface area (Å²) in [5, 5.41) is 4.26. The molecule has 4 aromatic rings. The molecule has 10 nitrogen and oxygen atoms in total. The summed E-state index contributed by atoms with van der Waals surface area (Å²) in [4.78, 5) is 38.9. The van der Waals surface area contributed by atoms with E-state index in [4.69, 9.17) is 20.4 Å². The first-order chi connectivity index (χ1) is 21.5. The number of benzene rings is 1. The fraction of sp³-hybridized carbons (Fsp3) is 0.543. The number of carbonyl (C=O) groups excluding carboxylic acids is 2. The van der Waals surface area contributed by atoms with E-state index in [1.54, 1.807) is 7.11 Å². The summed E-state index contributed by atoms with van der Waals surface area (Å²) in [6, 6.07) is 9.79. The van der Waals surface area contributed by atoms with E-state index in [1.807, 2.05) is 50.9 Å². The van der Waals surface area contributed by atoms with Crippen molar-refractivity contribution in [2.24, 2.45) is 30.0 Å². The van der Waals surface area contributed by atoms with Gasteiger partial charge in [0.25, 0.3) is 5.91 Å². The zero-order chi connectivity index (χ0) is 31.6. The fourth-order valence-corrected chi connectivity index (χ4v) is 7.46. The average molecular weight is 612 g/mol. The van der Waals surface area contributed by atoms with Crippen LogP contribution in [0.15, 0.2) is 30.3 Å². The zero-order valence-electron chi connectivity index (χ0n) is 27.1. The van der Waals surface area contributed by atoms with Crippen LogP contribution >= 0.6 is 0 Å². The number of rotatable bonds is 3. The van der Waals surface area contributed by atoms with Crippen molar-refractivity contribution in [3.05, 3.63) is 41.6 Å². The van der Waals surface area contributed by atoms with Gasteiger partial charge >= 0.3 is 0 Å². The lowest BCUT2D eigenvalue weighted by Crippen LogP contribution is -2.45. The monoisotopic (exact) mass is 611 g/mol. The Hall–Kier alpha value is -3.92. The number of amides is 2. The van der Waals surface area contributed by atoms with Gasteiger partial charge in [0.15, 0.2) is 5.82 Å². The second kappa shape index (κ2) is 11.2. The lowest BCUT2D eigenvalue weighted by atomic mass is 9.85. The fourth-order valence-electron chi connectivity index (χ4n) is 7.46. The Morgan fingerprint density at radius 3 is 2.69 bits per heavy atom. The number of ether oxygens (including phenoxy) is 1. The van der Waals surface area contributed by atoms with Gasteiger partial charge in [0, 0.05) is 49.1 Å². The molecule has 238 valence electrons. The van der Waals surface area contributed by atoms with E-state index in [1.165, 1.54) is 6.42 Å². The molecule has 1 aliphatic carbocycles. The third-order valence-electron chi connectivity index (χ3n) is 10.4. The van der Waals surface area contributed by atoms with Crippen molar-refractivity contribution in [3.8, 4) is 17.3 Å². The third-order valence-corrected chi connectivity index (χ3v) is 10.4. The highest BCUT2D eigenvalue weighted by molar-refractivity contribution is 6.00. The predicted octanol–water partition coefficient (Wildman–Crippen LogP) is 5.19.